The zero-order valence-electron chi connectivity index (χ0n) is 7.95. The lowest BCUT2D eigenvalue weighted by atomic mass is 9.94. The summed E-state index contributed by atoms with van der Waals surface area (Å²) < 4.78 is 11.5. The standard InChI is InChI=1S/C10H18O2/c1-3-4-8-6-12-9-7(2)5-11-10(8)9/h7-10H,3-6H2,1-2H3. The number of ether oxygens (including phenoxy) is 2. The molecule has 0 spiro atoms. The first-order valence-electron chi connectivity index (χ1n) is 5.06. The SMILES string of the molecule is CCCC1COC2C(C)COC12. The maximum Gasteiger partial charge on any atom is 0.0890 e. The van der Waals surface area contributed by atoms with Gasteiger partial charge in [0.1, 0.15) is 0 Å². The molecule has 0 aliphatic carbocycles. The van der Waals surface area contributed by atoms with Gasteiger partial charge in [-0.05, 0) is 6.42 Å². The van der Waals surface area contributed by atoms with E-state index < -0.39 is 0 Å². The maximum absolute atomic E-state index is 5.73. The molecule has 2 heterocycles. The highest BCUT2D eigenvalue weighted by atomic mass is 16.6. The summed E-state index contributed by atoms with van der Waals surface area (Å²) in [5.41, 5.74) is 0. The molecule has 0 radical (unpaired) electrons. The zero-order chi connectivity index (χ0) is 8.55. The van der Waals surface area contributed by atoms with E-state index in [4.69, 9.17) is 9.47 Å². The second-order valence-corrected chi connectivity index (χ2v) is 4.12. The molecule has 0 N–H and O–H groups in total. The molecular weight excluding hydrogens is 152 g/mol. The smallest absolute Gasteiger partial charge is 0.0890 e. The van der Waals surface area contributed by atoms with E-state index in [1.807, 2.05) is 0 Å². The molecule has 2 saturated heterocycles. The fourth-order valence-electron chi connectivity index (χ4n) is 2.39. The average Bonchev–Trinajstić information content (AvgIpc) is 2.58. The number of fused-ring (bicyclic) bond motifs is 1. The van der Waals surface area contributed by atoms with Gasteiger partial charge in [0.25, 0.3) is 0 Å². The van der Waals surface area contributed by atoms with Crippen molar-refractivity contribution in [3.8, 4) is 0 Å². The molecule has 2 aliphatic heterocycles. The van der Waals surface area contributed by atoms with Crippen molar-refractivity contribution in [2.75, 3.05) is 13.2 Å². The summed E-state index contributed by atoms with van der Waals surface area (Å²) in [6, 6.07) is 0. The first-order chi connectivity index (χ1) is 5.83. The van der Waals surface area contributed by atoms with Crippen LogP contribution in [0.4, 0.5) is 0 Å². The van der Waals surface area contributed by atoms with Crippen molar-refractivity contribution in [2.45, 2.75) is 38.9 Å². The zero-order valence-corrected chi connectivity index (χ0v) is 7.95. The van der Waals surface area contributed by atoms with Gasteiger partial charge in [0.15, 0.2) is 0 Å². The second-order valence-electron chi connectivity index (χ2n) is 4.12. The van der Waals surface area contributed by atoms with Crippen molar-refractivity contribution < 1.29 is 9.47 Å². The van der Waals surface area contributed by atoms with E-state index in [0.29, 0.717) is 24.0 Å². The van der Waals surface area contributed by atoms with E-state index in [1.165, 1.54) is 12.8 Å². The monoisotopic (exact) mass is 170 g/mol. The molecule has 4 unspecified atom stereocenters. The van der Waals surface area contributed by atoms with Crippen LogP contribution in [0, 0.1) is 11.8 Å². The summed E-state index contributed by atoms with van der Waals surface area (Å²) in [6.45, 7) is 6.27. The molecule has 4 atom stereocenters. The highest BCUT2D eigenvalue weighted by Gasteiger charge is 2.44. The van der Waals surface area contributed by atoms with Gasteiger partial charge >= 0.3 is 0 Å². The Bertz CT molecular complexity index is 158. The van der Waals surface area contributed by atoms with Crippen molar-refractivity contribution in [1.82, 2.24) is 0 Å². The third-order valence-electron chi connectivity index (χ3n) is 3.06. The van der Waals surface area contributed by atoms with Gasteiger partial charge in [0.2, 0.25) is 0 Å². The van der Waals surface area contributed by atoms with Crippen LogP contribution < -0.4 is 0 Å². The van der Waals surface area contributed by atoms with E-state index >= 15 is 0 Å². The van der Waals surface area contributed by atoms with E-state index in [1.54, 1.807) is 0 Å². The molecule has 0 bridgehead atoms. The summed E-state index contributed by atoms with van der Waals surface area (Å²) in [6.07, 6.45) is 3.32. The summed E-state index contributed by atoms with van der Waals surface area (Å²) >= 11 is 0. The van der Waals surface area contributed by atoms with E-state index in [-0.39, 0.29) is 0 Å². The van der Waals surface area contributed by atoms with Crippen LogP contribution in [-0.4, -0.2) is 25.4 Å². The van der Waals surface area contributed by atoms with Crippen LogP contribution in [0.3, 0.4) is 0 Å². The van der Waals surface area contributed by atoms with Crippen LogP contribution >= 0.6 is 0 Å². The van der Waals surface area contributed by atoms with Crippen LogP contribution in [0.2, 0.25) is 0 Å². The third kappa shape index (κ3) is 1.27. The third-order valence-corrected chi connectivity index (χ3v) is 3.06. The molecule has 70 valence electrons. The van der Waals surface area contributed by atoms with Gasteiger partial charge < -0.3 is 9.47 Å². The van der Waals surface area contributed by atoms with Gasteiger partial charge in [-0.2, -0.15) is 0 Å². The minimum absolute atomic E-state index is 0.404. The van der Waals surface area contributed by atoms with E-state index in [9.17, 15) is 0 Å². The summed E-state index contributed by atoms with van der Waals surface area (Å²) in [5.74, 6) is 1.28. The van der Waals surface area contributed by atoms with Crippen LogP contribution in [0.5, 0.6) is 0 Å². The summed E-state index contributed by atoms with van der Waals surface area (Å²) in [5, 5.41) is 0. The van der Waals surface area contributed by atoms with Crippen LogP contribution in [-0.2, 0) is 9.47 Å². The maximum atomic E-state index is 5.73. The van der Waals surface area contributed by atoms with Crippen molar-refractivity contribution in [3.63, 3.8) is 0 Å². The molecule has 2 fully saturated rings. The largest absolute Gasteiger partial charge is 0.375 e. The Morgan fingerprint density at radius 1 is 1.17 bits per heavy atom. The number of hydrogen-bond donors (Lipinski definition) is 0. The van der Waals surface area contributed by atoms with Gasteiger partial charge in [0.05, 0.1) is 25.4 Å². The molecule has 2 rings (SSSR count). The van der Waals surface area contributed by atoms with Crippen molar-refractivity contribution >= 4 is 0 Å². The summed E-state index contributed by atoms with van der Waals surface area (Å²) in [7, 11) is 0. The Kier molecular flexibility index (Phi) is 2.37. The van der Waals surface area contributed by atoms with Gasteiger partial charge in [-0.3, -0.25) is 0 Å². The van der Waals surface area contributed by atoms with Gasteiger partial charge in [-0.15, -0.1) is 0 Å². The van der Waals surface area contributed by atoms with Crippen molar-refractivity contribution in [2.24, 2.45) is 11.8 Å². The fourth-order valence-corrected chi connectivity index (χ4v) is 2.39. The lowest BCUT2D eigenvalue weighted by Crippen LogP contribution is -2.24. The first-order valence-corrected chi connectivity index (χ1v) is 5.06. The quantitative estimate of drug-likeness (QED) is 0.629. The summed E-state index contributed by atoms with van der Waals surface area (Å²) in [4.78, 5) is 0. The van der Waals surface area contributed by atoms with Crippen molar-refractivity contribution in [1.29, 1.82) is 0 Å². The minimum Gasteiger partial charge on any atom is -0.375 e. The molecule has 0 aromatic heterocycles. The minimum atomic E-state index is 0.404. The molecule has 2 nitrogen and oxygen atoms in total. The van der Waals surface area contributed by atoms with Gasteiger partial charge in [0, 0.05) is 11.8 Å². The Labute approximate surface area is 74.2 Å². The molecule has 0 aromatic carbocycles. The lowest BCUT2D eigenvalue weighted by Gasteiger charge is -2.14. The highest BCUT2D eigenvalue weighted by molar-refractivity contribution is 4.91. The van der Waals surface area contributed by atoms with Crippen LogP contribution in [0.25, 0.3) is 0 Å². The Hall–Kier alpha value is -0.0800. The average molecular weight is 170 g/mol. The molecule has 2 heteroatoms. The molecular formula is C10H18O2. The molecule has 0 aromatic rings. The predicted molar refractivity (Wildman–Crippen MR) is 47.0 cm³/mol. The van der Waals surface area contributed by atoms with Crippen molar-refractivity contribution in [3.05, 3.63) is 0 Å². The van der Waals surface area contributed by atoms with Crippen LogP contribution in [0.15, 0.2) is 0 Å². The normalized spacial score (nSPS) is 46.5. The molecule has 0 amide bonds. The van der Waals surface area contributed by atoms with E-state index in [2.05, 4.69) is 13.8 Å². The topological polar surface area (TPSA) is 18.5 Å². The first kappa shape index (κ1) is 8.52. The Balaban J connectivity index is 1.96. The van der Waals surface area contributed by atoms with Gasteiger partial charge in [-0.1, -0.05) is 20.3 Å². The highest BCUT2D eigenvalue weighted by Crippen LogP contribution is 2.36. The number of rotatable bonds is 2. The Morgan fingerprint density at radius 3 is 2.67 bits per heavy atom. The number of hydrogen-bond acceptors (Lipinski definition) is 2. The second kappa shape index (κ2) is 3.35. The fraction of sp³-hybridized carbons (Fsp3) is 1.00. The van der Waals surface area contributed by atoms with Gasteiger partial charge in [-0.25, -0.2) is 0 Å². The van der Waals surface area contributed by atoms with Crippen LogP contribution in [0.1, 0.15) is 26.7 Å². The molecule has 12 heavy (non-hydrogen) atoms. The molecule has 0 saturated carbocycles. The van der Waals surface area contributed by atoms with E-state index in [0.717, 1.165) is 13.2 Å². The lowest BCUT2D eigenvalue weighted by molar-refractivity contribution is 0.0605. The Morgan fingerprint density at radius 2 is 1.92 bits per heavy atom. The molecule has 2 aliphatic rings. The predicted octanol–water partition coefficient (Wildman–Crippen LogP) is 1.84.